The highest BCUT2D eigenvalue weighted by atomic mass is 16.6. The molecule has 5 aromatic carbocycles. The molecule has 294 valence electrons. The number of aryl methyl sites for hydroxylation is 2. The van der Waals surface area contributed by atoms with E-state index < -0.39 is 5.97 Å². The summed E-state index contributed by atoms with van der Waals surface area (Å²) in [6, 6.07) is 42.3. The molecule has 0 unspecified atom stereocenters. The molecule has 0 saturated heterocycles. The molecule has 5 aromatic rings. The summed E-state index contributed by atoms with van der Waals surface area (Å²) in [7, 11) is 0. The first-order valence-corrected chi connectivity index (χ1v) is 19.6. The highest BCUT2D eigenvalue weighted by Gasteiger charge is 2.12. The van der Waals surface area contributed by atoms with Crippen LogP contribution in [0.3, 0.4) is 0 Å². The normalized spacial score (nSPS) is 11.0. The summed E-state index contributed by atoms with van der Waals surface area (Å²) < 4.78 is 22.0. The molecule has 0 aliphatic carbocycles. The van der Waals surface area contributed by atoms with Gasteiger partial charge < -0.3 is 23.8 Å². The Bertz CT molecular complexity index is 2050. The minimum absolute atomic E-state index is 0.142. The van der Waals surface area contributed by atoms with Crippen molar-refractivity contribution in [2.24, 2.45) is 0 Å². The molecule has 7 heteroatoms. The molecule has 0 fully saturated rings. The maximum atomic E-state index is 11.4. The summed E-state index contributed by atoms with van der Waals surface area (Å²) in [5.74, 6) is 0.664. The van der Waals surface area contributed by atoms with Gasteiger partial charge in [-0.25, -0.2) is 9.59 Å². The van der Waals surface area contributed by atoms with Gasteiger partial charge in [0, 0.05) is 30.1 Å². The van der Waals surface area contributed by atoms with Gasteiger partial charge in [0.2, 0.25) is 0 Å². The molecule has 0 amide bonds. The standard InChI is InChI=1S/C50H53NO6/c1-5-49(52)56-33-11-9-7-8-10-32-54-46-28-20-42(21-29-46)48(43-22-30-47(31-23-43)55-34-35-57-50(53)6-2)36-40-18-26-45(27-19-40)51(44-24-14-39(4)15-25-44)37-41-16-12-38(3)13-17-41/h5-6,12-31,36H,1-2,7-11,32-35,37H2,3-4H3. The van der Waals surface area contributed by atoms with E-state index in [2.05, 4.69) is 123 Å². The summed E-state index contributed by atoms with van der Waals surface area (Å²) >= 11 is 0. The summed E-state index contributed by atoms with van der Waals surface area (Å²) in [5, 5.41) is 0. The lowest BCUT2D eigenvalue weighted by atomic mass is 9.95. The third-order valence-electron chi connectivity index (χ3n) is 9.38. The minimum Gasteiger partial charge on any atom is -0.494 e. The molecule has 0 saturated carbocycles. The first-order chi connectivity index (χ1) is 27.8. The fourth-order valence-electron chi connectivity index (χ4n) is 6.16. The van der Waals surface area contributed by atoms with E-state index >= 15 is 0 Å². The van der Waals surface area contributed by atoms with Crippen molar-refractivity contribution in [2.75, 3.05) is 31.3 Å². The molecule has 0 atom stereocenters. The fourth-order valence-corrected chi connectivity index (χ4v) is 6.16. The van der Waals surface area contributed by atoms with Crippen LogP contribution in [0.25, 0.3) is 11.6 Å². The van der Waals surface area contributed by atoms with Crippen molar-refractivity contribution in [1.29, 1.82) is 0 Å². The van der Waals surface area contributed by atoms with Gasteiger partial charge in [0.1, 0.15) is 24.7 Å². The van der Waals surface area contributed by atoms with Gasteiger partial charge in [0.15, 0.2) is 0 Å². The molecular formula is C50H53NO6. The number of anilines is 2. The fraction of sp³-hybridized carbons (Fsp3) is 0.240. The molecule has 0 aromatic heterocycles. The van der Waals surface area contributed by atoms with E-state index in [4.69, 9.17) is 18.9 Å². The summed E-state index contributed by atoms with van der Waals surface area (Å²) in [6.45, 7) is 13.3. The van der Waals surface area contributed by atoms with Crippen LogP contribution in [0, 0.1) is 13.8 Å². The number of hydrogen-bond acceptors (Lipinski definition) is 7. The molecule has 57 heavy (non-hydrogen) atoms. The van der Waals surface area contributed by atoms with E-state index in [9.17, 15) is 9.59 Å². The maximum absolute atomic E-state index is 11.4. The van der Waals surface area contributed by atoms with Gasteiger partial charge in [0.05, 0.1) is 13.2 Å². The molecule has 5 rings (SSSR count). The Kier molecular flexibility index (Phi) is 16.3. The highest BCUT2D eigenvalue weighted by Crippen LogP contribution is 2.32. The second-order valence-corrected chi connectivity index (χ2v) is 13.8. The third-order valence-corrected chi connectivity index (χ3v) is 9.38. The van der Waals surface area contributed by atoms with Crippen molar-refractivity contribution in [3.63, 3.8) is 0 Å². The van der Waals surface area contributed by atoms with E-state index in [1.165, 1.54) is 22.8 Å². The minimum atomic E-state index is -0.472. The predicted octanol–water partition coefficient (Wildman–Crippen LogP) is 11.4. The Labute approximate surface area is 337 Å². The number of ether oxygens (including phenoxy) is 4. The lowest BCUT2D eigenvalue weighted by Crippen LogP contribution is -2.16. The summed E-state index contributed by atoms with van der Waals surface area (Å²) in [5.41, 5.74) is 10.1. The van der Waals surface area contributed by atoms with Gasteiger partial charge >= 0.3 is 11.9 Å². The molecular weight excluding hydrogens is 711 g/mol. The van der Waals surface area contributed by atoms with Gasteiger partial charge in [-0.1, -0.05) is 116 Å². The van der Waals surface area contributed by atoms with Crippen LogP contribution in [-0.2, 0) is 25.6 Å². The first kappa shape index (κ1) is 41.8. The zero-order valence-corrected chi connectivity index (χ0v) is 33.2. The van der Waals surface area contributed by atoms with Gasteiger partial charge in [-0.15, -0.1) is 0 Å². The van der Waals surface area contributed by atoms with E-state index in [1.54, 1.807) is 0 Å². The third kappa shape index (κ3) is 13.7. The number of carbonyl (C=O) groups is 2. The topological polar surface area (TPSA) is 74.3 Å². The van der Waals surface area contributed by atoms with Crippen LogP contribution in [0.1, 0.15) is 65.5 Å². The molecule has 0 heterocycles. The van der Waals surface area contributed by atoms with Crippen molar-refractivity contribution in [1.82, 2.24) is 0 Å². The molecule has 0 radical (unpaired) electrons. The number of rotatable bonds is 22. The number of carbonyl (C=O) groups excluding carboxylic acids is 2. The van der Waals surface area contributed by atoms with Crippen molar-refractivity contribution in [3.05, 3.63) is 180 Å². The number of benzene rings is 5. The van der Waals surface area contributed by atoms with E-state index in [0.717, 1.165) is 84.1 Å². The van der Waals surface area contributed by atoms with Crippen LogP contribution in [0.4, 0.5) is 11.4 Å². The maximum Gasteiger partial charge on any atom is 0.330 e. The second-order valence-electron chi connectivity index (χ2n) is 13.8. The monoisotopic (exact) mass is 763 g/mol. The summed E-state index contributed by atoms with van der Waals surface area (Å²) in [6.07, 6.45) is 9.46. The van der Waals surface area contributed by atoms with E-state index in [-0.39, 0.29) is 19.2 Å². The SMILES string of the molecule is C=CC(=O)OCCCCCCCOc1ccc(C(=Cc2ccc(N(Cc3ccc(C)cc3)c3ccc(C)cc3)cc2)c2ccc(OCCOC(=O)C=C)cc2)cc1. The number of esters is 2. The molecule has 0 bridgehead atoms. The average Bonchev–Trinajstić information content (AvgIpc) is 3.24. The van der Waals surface area contributed by atoms with Gasteiger partial charge in [-0.2, -0.15) is 0 Å². The van der Waals surface area contributed by atoms with Crippen LogP contribution in [0.5, 0.6) is 11.5 Å². The lowest BCUT2D eigenvalue weighted by molar-refractivity contribution is -0.139. The molecule has 0 aliphatic heterocycles. The summed E-state index contributed by atoms with van der Waals surface area (Å²) in [4.78, 5) is 24.9. The predicted molar refractivity (Wildman–Crippen MR) is 231 cm³/mol. The molecule has 0 aliphatic rings. The smallest absolute Gasteiger partial charge is 0.330 e. The largest absolute Gasteiger partial charge is 0.494 e. The second kappa shape index (κ2) is 22.3. The van der Waals surface area contributed by atoms with E-state index in [0.29, 0.717) is 19.0 Å². The molecule has 0 spiro atoms. The number of hydrogen-bond donors (Lipinski definition) is 0. The zero-order valence-electron chi connectivity index (χ0n) is 33.2. The van der Waals surface area contributed by atoms with E-state index in [1.807, 2.05) is 36.4 Å². The Hall–Kier alpha value is -6.34. The lowest BCUT2D eigenvalue weighted by Gasteiger charge is -2.26. The molecule has 0 N–H and O–H groups in total. The Morgan fingerprint density at radius 1 is 0.526 bits per heavy atom. The average molecular weight is 764 g/mol. The van der Waals surface area contributed by atoms with Gasteiger partial charge in [-0.05, 0) is 109 Å². The van der Waals surface area contributed by atoms with Crippen molar-refractivity contribution in [3.8, 4) is 11.5 Å². The van der Waals surface area contributed by atoms with Gasteiger partial charge in [0.25, 0.3) is 0 Å². The number of unbranched alkanes of at least 4 members (excludes halogenated alkanes) is 4. The van der Waals surface area contributed by atoms with Crippen LogP contribution in [-0.4, -0.2) is 38.4 Å². The van der Waals surface area contributed by atoms with Crippen LogP contribution >= 0.6 is 0 Å². The highest BCUT2D eigenvalue weighted by molar-refractivity contribution is 5.92. The quantitative estimate of drug-likeness (QED) is 0.0301. The van der Waals surface area contributed by atoms with Crippen molar-refractivity contribution < 1.29 is 28.5 Å². The van der Waals surface area contributed by atoms with Crippen molar-refractivity contribution >= 4 is 35.0 Å². The first-order valence-electron chi connectivity index (χ1n) is 19.6. The van der Waals surface area contributed by atoms with Crippen LogP contribution < -0.4 is 14.4 Å². The van der Waals surface area contributed by atoms with Crippen molar-refractivity contribution in [2.45, 2.75) is 52.5 Å². The Morgan fingerprint density at radius 2 is 0.982 bits per heavy atom. The van der Waals surface area contributed by atoms with Gasteiger partial charge in [-0.3, -0.25) is 0 Å². The Morgan fingerprint density at radius 3 is 1.53 bits per heavy atom. The number of nitrogens with zero attached hydrogens (tertiary/aromatic N) is 1. The van der Waals surface area contributed by atoms with Crippen LogP contribution in [0.2, 0.25) is 0 Å². The molecule has 7 nitrogen and oxygen atoms in total. The van der Waals surface area contributed by atoms with Crippen LogP contribution in [0.15, 0.2) is 147 Å². The zero-order chi connectivity index (χ0) is 40.2. The Balaban J connectivity index is 1.31.